The van der Waals surface area contributed by atoms with Crippen LogP contribution in [-0.4, -0.2) is 21.9 Å². The van der Waals surface area contributed by atoms with Gasteiger partial charge in [0.05, 0.1) is 16.3 Å². The van der Waals surface area contributed by atoms with Crippen LogP contribution in [0.15, 0.2) is 87.6 Å². The van der Waals surface area contributed by atoms with Gasteiger partial charge >= 0.3 is 5.97 Å². The van der Waals surface area contributed by atoms with Gasteiger partial charge < -0.3 is 9.84 Å². The summed E-state index contributed by atoms with van der Waals surface area (Å²) in [6.07, 6.45) is 1.34. The number of hydrogen-bond donors (Lipinski definition) is 1. The van der Waals surface area contributed by atoms with Crippen molar-refractivity contribution in [2.45, 2.75) is 0 Å². The number of benzene rings is 3. The number of hydrogen-bond acceptors (Lipinski definition) is 8. The molecule has 1 aliphatic heterocycles. The smallest absolute Gasteiger partial charge is 0.363 e. The number of rotatable bonds is 5. The number of phenolic OH excluding ortho intramolecular Hbond substituents is 1. The molecule has 0 aromatic heterocycles. The van der Waals surface area contributed by atoms with Crippen LogP contribution < -0.4 is 0 Å². The first kappa shape index (κ1) is 20.9. The van der Waals surface area contributed by atoms with Crippen molar-refractivity contribution in [3.63, 3.8) is 0 Å². The average molecular weight is 449 g/mol. The van der Waals surface area contributed by atoms with Gasteiger partial charge in [0.25, 0.3) is 5.69 Å². The molecule has 1 N–H and O–H groups in total. The van der Waals surface area contributed by atoms with Crippen molar-refractivity contribution in [2.75, 3.05) is 0 Å². The summed E-state index contributed by atoms with van der Waals surface area (Å²) in [7, 11) is 0. The first-order valence-electron chi connectivity index (χ1n) is 9.17. The number of aromatic hydroxyl groups is 1. The molecule has 0 radical (unpaired) electrons. The standard InChI is InChI=1S/C22H13ClN4O5/c23-15-4-6-16(7-5-15)25-26-17-8-9-20(28)14(10-17)12-19-22(29)32-21(24-19)13-2-1-3-18(11-13)27(30)31/h1-12,28H/b19-12+,26-25?. The van der Waals surface area contributed by atoms with Gasteiger partial charge in [0.15, 0.2) is 5.70 Å². The highest BCUT2D eigenvalue weighted by Gasteiger charge is 2.25. The molecule has 1 aliphatic rings. The molecule has 0 atom stereocenters. The maximum absolute atomic E-state index is 12.2. The predicted molar refractivity (Wildman–Crippen MR) is 117 cm³/mol. The second kappa shape index (κ2) is 8.78. The molecule has 0 unspecified atom stereocenters. The third-order valence-electron chi connectivity index (χ3n) is 4.34. The van der Waals surface area contributed by atoms with Gasteiger partial charge in [-0.3, -0.25) is 10.1 Å². The zero-order valence-electron chi connectivity index (χ0n) is 16.2. The van der Waals surface area contributed by atoms with Gasteiger partial charge in [0, 0.05) is 28.3 Å². The molecule has 3 aromatic rings. The van der Waals surface area contributed by atoms with E-state index in [1.54, 1.807) is 30.3 Å². The molecule has 10 heteroatoms. The van der Waals surface area contributed by atoms with E-state index in [1.807, 2.05) is 0 Å². The summed E-state index contributed by atoms with van der Waals surface area (Å²) < 4.78 is 5.14. The lowest BCUT2D eigenvalue weighted by Crippen LogP contribution is -2.05. The Hall–Kier alpha value is -4.37. The molecule has 0 bridgehead atoms. The average Bonchev–Trinajstić information content (AvgIpc) is 3.15. The number of phenols is 1. The van der Waals surface area contributed by atoms with Crippen LogP contribution in [0.3, 0.4) is 0 Å². The monoisotopic (exact) mass is 448 g/mol. The third-order valence-corrected chi connectivity index (χ3v) is 4.59. The minimum absolute atomic E-state index is 0.0666. The van der Waals surface area contributed by atoms with Crippen molar-refractivity contribution in [1.82, 2.24) is 0 Å². The minimum Gasteiger partial charge on any atom is -0.507 e. The summed E-state index contributed by atoms with van der Waals surface area (Å²) in [5, 5.41) is 29.9. The van der Waals surface area contributed by atoms with Crippen molar-refractivity contribution in [2.24, 2.45) is 15.2 Å². The summed E-state index contributed by atoms with van der Waals surface area (Å²) in [5.74, 6) is -0.920. The van der Waals surface area contributed by atoms with Crippen LogP contribution in [0.4, 0.5) is 17.1 Å². The fraction of sp³-hybridized carbons (Fsp3) is 0. The van der Waals surface area contributed by atoms with Crippen LogP contribution in [0.25, 0.3) is 6.08 Å². The van der Waals surface area contributed by atoms with E-state index in [-0.39, 0.29) is 34.2 Å². The zero-order chi connectivity index (χ0) is 22.7. The largest absolute Gasteiger partial charge is 0.507 e. The van der Waals surface area contributed by atoms with Gasteiger partial charge in [-0.2, -0.15) is 10.2 Å². The molecule has 32 heavy (non-hydrogen) atoms. The summed E-state index contributed by atoms with van der Waals surface area (Å²) in [6, 6.07) is 16.8. The fourth-order valence-electron chi connectivity index (χ4n) is 2.78. The summed E-state index contributed by atoms with van der Waals surface area (Å²) in [5.41, 5.74) is 1.34. The zero-order valence-corrected chi connectivity index (χ0v) is 16.9. The first-order chi connectivity index (χ1) is 15.4. The van der Waals surface area contributed by atoms with E-state index in [1.165, 1.54) is 42.5 Å². The highest BCUT2D eigenvalue weighted by Crippen LogP contribution is 2.29. The van der Waals surface area contributed by atoms with Gasteiger partial charge in [-0.15, -0.1) is 0 Å². The van der Waals surface area contributed by atoms with Crippen molar-refractivity contribution in [3.8, 4) is 5.75 Å². The summed E-state index contributed by atoms with van der Waals surface area (Å²) in [6.45, 7) is 0. The number of aliphatic imine (C=N–C) groups is 1. The van der Waals surface area contributed by atoms with Crippen LogP contribution in [0.5, 0.6) is 5.75 Å². The number of nitrogens with zero attached hydrogens (tertiary/aromatic N) is 4. The lowest BCUT2D eigenvalue weighted by Gasteiger charge is -2.01. The van der Waals surface area contributed by atoms with E-state index in [0.717, 1.165) is 0 Å². The fourth-order valence-corrected chi connectivity index (χ4v) is 2.90. The second-order valence-corrected chi connectivity index (χ2v) is 7.00. The SMILES string of the molecule is O=C1OC(c2cccc([N+](=O)[O-])c2)=N/C1=C/c1cc(N=Nc2ccc(Cl)cc2)ccc1O. The third kappa shape index (κ3) is 4.68. The molecule has 1 heterocycles. The van der Waals surface area contributed by atoms with Gasteiger partial charge in [-0.25, -0.2) is 9.79 Å². The quantitative estimate of drug-likeness (QED) is 0.176. The molecule has 0 spiro atoms. The number of esters is 1. The van der Waals surface area contributed by atoms with Crippen molar-refractivity contribution < 1.29 is 19.6 Å². The Kier molecular flexibility index (Phi) is 5.73. The van der Waals surface area contributed by atoms with E-state index in [9.17, 15) is 20.0 Å². The van der Waals surface area contributed by atoms with E-state index >= 15 is 0 Å². The maximum Gasteiger partial charge on any atom is 0.363 e. The van der Waals surface area contributed by atoms with E-state index in [2.05, 4.69) is 15.2 Å². The molecule has 4 rings (SSSR count). The molecule has 0 aliphatic carbocycles. The van der Waals surface area contributed by atoms with Crippen LogP contribution in [-0.2, 0) is 9.53 Å². The van der Waals surface area contributed by atoms with Gasteiger partial charge in [0.2, 0.25) is 5.90 Å². The van der Waals surface area contributed by atoms with E-state index in [4.69, 9.17) is 16.3 Å². The number of carbonyl (C=O) groups is 1. The predicted octanol–water partition coefficient (Wildman–Crippen LogP) is 5.71. The molecule has 0 fully saturated rings. The molecule has 0 saturated carbocycles. The van der Waals surface area contributed by atoms with E-state index < -0.39 is 10.9 Å². The minimum atomic E-state index is -0.751. The second-order valence-electron chi connectivity index (χ2n) is 6.56. The summed E-state index contributed by atoms with van der Waals surface area (Å²) in [4.78, 5) is 26.8. The van der Waals surface area contributed by atoms with Crippen molar-refractivity contribution in [1.29, 1.82) is 0 Å². The number of halogens is 1. The normalized spacial score (nSPS) is 14.6. The van der Waals surface area contributed by atoms with Crippen LogP contribution >= 0.6 is 11.6 Å². The Labute approximate surface area is 186 Å². The van der Waals surface area contributed by atoms with E-state index in [0.29, 0.717) is 16.4 Å². The Morgan fingerprint density at radius 2 is 1.75 bits per heavy atom. The topological polar surface area (TPSA) is 127 Å². The number of nitro benzene ring substituents is 1. The number of azo groups is 1. The number of ether oxygens (including phenoxy) is 1. The number of cyclic esters (lactones) is 1. The van der Waals surface area contributed by atoms with Crippen molar-refractivity contribution >= 4 is 46.6 Å². The van der Waals surface area contributed by atoms with Gasteiger partial charge in [-0.05, 0) is 54.6 Å². The highest BCUT2D eigenvalue weighted by molar-refractivity contribution is 6.30. The van der Waals surface area contributed by atoms with Gasteiger partial charge in [-0.1, -0.05) is 17.7 Å². The van der Waals surface area contributed by atoms with Crippen LogP contribution in [0, 0.1) is 10.1 Å². The number of nitro groups is 1. The molecule has 0 amide bonds. The number of carbonyl (C=O) groups excluding carboxylic acids is 1. The Bertz CT molecular complexity index is 1320. The Morgan fingerprint density at radius 1 is 1.03 bits per heavy atom. The molecule has 9 nitrogen and oxygen atoms in total. The molecular formula is C22H13ClN4O5. The summed E-state index contributed by atoms with van der Waals surface area (Å²) >= 11 is 5.85. The molecular weight excluding hydrogens is 436 g/mol. The van der Waals surface area contributed by atoms with Crippen LogP contribution in [0.1, 0.15) is 11.1 Å². The van der Waals surface area contributed by atoms with Crippen molar-refractivity contribution in [3.05, 3.63) is 98.7 Å². The molecule has 0 saturated heterocycles. The van der Waals surface area contributed by atoms with Gasteiger partial charge in [0.1, 0.15) is 5.75 Å². The Balaban J connectivity index is 1.62. The van der Waals surface area contributed by atoms with Crippen LogP contribution in [0.2, 0.25) is 5.02 Å². The first-order valence-corrected chi connectivity index (χ1v) is 9.54. The lowest BCUT2D eigenvalue weighted by atomic mass is 10.1. The highest BCUT2D eigenvalue weighted by atomic mass is 35.5. The molecule has 158 valence electrons. The number of non-ortho nitro benzene ring substituents is 1. The maximum atomic E-state index is 12.2. The lowest BCUT2D eigenvalue weighted by molar-refractivity contribution is -0.384. The Morgan fingerprint density at radius 3 is 2.50 bits per heavy atom. The molecule has 3 aromatic carbocycles.